The Balaban J connectivity index is 1.94. The lowest BCUT2D eigenvalue weighted by Crippen LogP contribution is -2.00. The molecule has 19 heavy (non-hydrogen) atoms. The summed E-state index contributed by atoms with van der Waals surface area (Å²) in [4.78, 5) is 0. The maximum absolute atomic E-state index is 10.5. The summed E-state index contributed by atoms with van der Waals surface area (Å²) in [6.45, 7) is 0. The maximum Gasteiger partial charge on any atom is 0.104 e. The molecular formula is C16H14BrClO. The van der Waals surface area contributed by atoms with Gasteiger partial charge in [0.1, 0.15) is 6.10 Å². The van der Waals surface area contributed by atoms with Gasteiger partial charge in [-0.15, -0.1) is 0 Å². The number of aliphatic hydroxyl groups excluding tert-OH is 1. The lowest BCUT2D eigenvalue weighted by Gasteiger charge is -2.14. The van der Waals surface area contributed by atoms with E-state index in [0.29, 0.717) is 5.02 Å². The molecule has 3 heteroatoms. The number of hydrogen-bond acceptors (Lipinski definition) is 1. The molecule has 3 rings (SSSR count). The molecule has 0 aromatic heterocycles. The predicted octanol–water partition coefficient (Wildman–Crippen LogP) is 4.67. The molecule has 0 heterocycles. The van der Waals surface area contributed by atoms with Crippen LogP contribution in [0.4, 0.5) is 0 Å². The van der Waals surface area contributed by atoms with Crippen LogP contribution >= 0.6 is 27.5 Å². The smallest absolute Gasteiger partial charge is 0.104 e. The average Bonchev–Trinajstić information content (AvgIpc) is 2.88. The largest absolute Gasteiger partial charge is 0.384 e. The van der Waals surface area contributed by atoms with Gasteiger partial charge in [0.25, 0.3) is 0 Å². The van der Waals surface area contributed by atoms with E-state index in [1.807, 2.05) is 24.3 Å². The fraction of sp³-hybridized carbons (Fsp3) is 0.250. The molecule has 1 unspecified atom stereocenters. The molecule has 98 valence electrons. The molecule has 1 aliphatic carbocycles. The van der Waals surface area contributed by atoms with Gasteiger partial charge in [-0.1, -0.05) is 35.9 Å². The first-order valence-corrected chi connectivity index (χ1v) is 7.57. The number of fused-ring (bicyclic) bond motifs is 1. The van der Waals surface area contributed by atoms with Crippen LogP contribution in [0.25, 0.3) is 0 Å². The quantitative estimate of drug-likeness (QED) is 0.844. The van der Waals surface area contributed by atoms with Crippen molar-refractivity contribution in [2.75, 3.05) is 0 Å². The lowest BCUT2D eigenvalue weighted by molar-refractivity contribution is 0.220. The van der Waals surface area contributed by atoms with E-state index in [0.717, 1.165) is 28.4 Å². The van der Waals surface area contributed by atoms with E-state index in [-0.39, 0.29) is 0 Å². The zero-order valence-corrected chi connectivity index (χ0v) is 12.7. The Morgan fingerprint density at radius 2 is 1.68 bits per heavy atom. The third kappa shape index (κ3) is 2.58. The highest BCUT2D eigenvalue weighted by Gasteiger charge is 2.16. The number of halogens is 2. The van der Waals surface area contributed by atoms with Crippen LogP contribution < -0.4 is 0 Å². The summed E-state index contributed by atoms with van der Waals surface area (Å²) in [5.74, 6) is 0. The normalized spacial score (nSPS) is 15.3. The van der Waals surface area contributed by atoms with Crippen LogP contribution in [0.3, 0.4) is 0 Å². The molecule has 0 saturated carbocycles. The van der Waals surface area contributed by atoms with Gasteiger partial charge in [0.05, 0.1) is 5.02 Å². The first-order chi connectivity index (χ1) is 9.15. The summed E-state index contributed by atoms with van der Waals surface area (Å²) in [5.41, 5.74) is 4.56. The minimum atomic E-state index is -0.614. The van der Waals surface area contributed by atoms with E-state index in [4.69, 9.17) is 11.6 Å². The fourth-order valence-corrected chi connectivity index (χ4v) is 3.07. The van der Waals surface area contributed by atoms with E-state index in [1.54, 1.807) is 0 Å². The number of benzene rings is 2. The van der Waals surface area contributed by atoms with Gasteiger partial charge < -0.3 is 5.11 Å². The topological polar surface area (TPSA) is 20.2 Å². The molecule has 0 saturated heterocycles. The molecule has 1 atom stereocenters. The molecule has 0 radical (unpaired) electrons. The lowest BCUT2D eigenvalue weighted by atomic mass is 9.98. The Kier molecular flexibility index (Phi) is 3.66. The summed E-state index contributed by atoms with van der Waals surface area (Å²) in [5, 5.41) is 11.1. The maximum atomic E-state index is 10.5. The van der Waals surface area contributed by atoms with Crippen LogP contribution in [0.15, 0.2) is 40.9 Å². The molecule has 0 aliphatic heterocycles. The second-order valence-electron chi connectivity index (χ2n) is 4.96. The first kappa shape index (κ1) is 13.2. The van der Waals surface area contributed by atoms with Gasteiger partial charge in [-0.25, -0.2) is 0 Å². The summed E-state index contributed by atoms with van der Waals surface area (Å²) < 4.78 is 0.846. The van der Waals surface area contributed by atoms with Crippen molar-refractivity contribution in [1.29, 1.82) is 0 Å². The molecule has 0 bridgehead atoms. The zero-order chi connectivity index (χ0) is 13.4. The van der Waals surface area contributed by atoms with Gasteiger partial charge in [0.15, 0.2) is 0 Å². The standard InChI is InChI=1S/C16H14BrClO/c17-14-7-6-13(9-15(14)18)16(19)12-5-4-10-2-1-3-11(10)8-12/h4-9,16,19H,1-3H2. The zero-order valence-electron chi connectivity index (χ0n) is 10.4. The second kappa shape index (κ2) is 5.28. The van der Waals surface area contributed by atoms with Crippen molar-refractivity contribution in [3.8, 4) is 0 Å². The molecular weight excluding hydrogens is 324 g/mol. The van der Waals surface area contributed by atoms with Crippen LogP contribution in [0, 0.1) is 0 Å². The number of rotatable bonds is 2. The van der Waals surface area contributed by atoms with Crippen LogP contribution in [-0.2, 0) is 12.8 Å². The van der Waals surface area contributed by atoms with E-state index in [9.17, 15) is 5.11 Å². The molecule has 2 aromatic rings. The number of aliphatic hydroxyl groups is 1. The molecule has 1 nitrogen and oxygen atoms in total. The minimum Gasteiger partial charge on any atom is -0.384 e. The third-order valence-corrected chi connectivity index (χ3v) is 4.93. The molecule has 1 N–H and O–H groups in total. The number of hydrogen-bond donors (Lipinski definition) is 1. The summed E-state index contributed by atoms with van der Waals surface area (Å²) in [6.07, 6.45) is 2.89. The van der Waals surface area contributed by atoms with Crippen molar-refractivity contribution < 1.29 is 5.11 Å². The average molecular weight is 338 g/mol. The van der Waals surface area contributed by atoms with Crippen molar-refractivity contribution in [3.63, 3.8) is 0 Å². The molecule has 2 aromatic carbocycles. The second-order valence-corrected chi connectivity index (χ2v) is 6.22. The SMILES string of the molecule is OC(c1ccc(Br)c(Cl)c1)c1ccc2c(c1)CCC2. The molecule has 0 fully saturated rings. The van der Waals surface area contributed by atoms with Crippen LogP contribution in [-0.4, -0.2) is 5.11 Å². The Labute approximate surface area is 126 Å². The van der Waals surface area contributed by atoms with Gasteiger partial charge in [0.2, 0.25) is 0 Å². The van der Waals surface area contributed by atoms with E-state index in [1.165, 1.54) is 17.5 Å². The Bertz CT molecular complexity index is 624. The molecule has 0 spiro atoms. The van der Waals surface area contributed by atoms with Crippen LogP contribution in [0.1, 0.15) is 34.8 Å². The van der Waals surface area contributed by atoms with E-state index < -0.39 is 6.10 Å². The minimum absolute atomic E-state index is 0.614. The van der Waals surface area contributed by atoms with Crippen LogP contribution in [0.2, 0.25) is 5.02 Å². The van der Waals surface area contributed by atoms with Gasteiger partial charge in [-0.05, 0) is 69.6 Å². The monoisotopic (exact) mass is 336 g/mol. The molecule has 0 amide bonds. The van der Waals surface area contributed by atoms with E-state index in [2.05, 4.69) is 28.1 Å². The van der Waals surface area contributed by atoms with Crippen molar-refractivity contribution in [3.05, 3.63) is 68.1 Å². The highest BCUT2D eigenvalue weighted by atomic mass is 79.9. The Morgan fingerprint density at radius 3 is 2.47 bits per heavy atom. The molecule has 1 aliphatic rings. The van der Waals surface area contributed by atoms with Gasteiger partial charge in [-0.2, -0.15) is 0 Å². The summed E-state index contributed by atoms with van der Waals surface area (Å²) in [7, 11) is 0. The van der Waals surface area contributed by atoms with Crippen molar-refractivity contribution in [1.82, 2.24) is 0 Å². The highest BCUT2D eigenvalue weighted by molar-refractivity contribution is 9.10. The Hall–Kier alpha value is -0.830. The Morgan fingerprint density at radius 1 is 1.00 bits per heavy atom. The first-order valence-electron chi connectivity index (χ1n) is 6.40. The highest BCUT2D eigenvalue weighted by Crippen LogP contribution is 2.31. The summed E-state index contributed by atoms with van der Waals surface area (Å²) >= 11 is 9.44. The third-order valence-electron chi connectivity index (χ3n) is 3.70. The van der Waals surface area contributed by atoms with Crippen molar-refractivity contribution in [2.24, 2.45) is 0 Å². The van der Waals surface area contributed by atoms with Crippen molar-refractivity contribution in [2.45, 2.75) is 25.4 Å². The number of aryl methyl sites for hydroxylation is 2. The fourth-order valence-electron chi connectivity index (χ4n) is 2.64. The van der Waals surface area contributed by atoms with E-state index >= 15 is 0 Å². The predicted molar refractivity (Wildman–Crippen MR) is 81.7 cm³/mol. The van der Waals surface area contributed by atoms with Gasteiger partial charge >= 0.3 is 0 Å². The van der Waals surface area contributed by atoms with Gasteiger partial charge in [-0.3, -0.25) is 0 Å². The van der Waals surface area contributed by atoms with Crippen LogP contribution in [0.5, 0.6) is 0 Å². The summed E-state index contributed by atoms with van der Waals surface area (Å²) in [6, 6.07) is 11.9. The van der Waals surface area contributed by atoms with Gasteiger partial charge in [0, 0.05) is 4.47 Å². The van der Waals surface area contributed by atoms with Crippen molar-refractivity contribution >= 4 is 27.5 Å².